The molecule has 8 heteroatoms. The lowest BCUT2D eigenvalue weighted by atomic mass is 10.4. The Morgan fingerprint density at radius 3 is 2.94 bits per heavy atom. The molecule has 0 aromatic carbocycles. The minimum Gasteiger partial charge on any atom is -0.409 e. The van der Waals surface area contributed by atoms with Crippen LogP contribution in [0.1, 0.15) is 5.82 Å². The largest absolute Gasteiger partial charge is 0.409 e. The van der Waals surface area contributed by atoms with E-state index in [-0.39, 0.29) is 17.5 Å². The highest BCUT2D eigenvalue weighted by molar-refractivity contribution is 9.10. The molecule has 6 nitrogen and oxygen atoms in total. The molecule has 2 aromatic heterocycles. The molecule has 0 aliphatic carbocycles. The fraction of sp³-hybridized carbons (Fsp3) is 0. The van der Waals surface area contributed by atoms with Gasteiger partial charge in [0.15, 0.2) is 17.5 Å². The summed E-state index contributed by atoms with van der Waals surface area (Å²) in [5.41, 5.74) is 5.41. The number of imidazole rings is 1. The summed E-state index contributed by atoms with van der Waals surface area (Å²) in [4.78, 5) is 7.76. The van der Waals surface area contributed by atoms with E-state index in [1.54, 1.807) is 0 Å². The number of pyridine rings is 1. The van der Waals surface area contributed by atoms with Crippen LogP contribution >= 0.6 is 15.9 Å². The number of rotatable bonds is 2. The molecular formula is C9H7BrFN5O. The Hall–Kier alpha value is -1.96. The van der Waals surface area contributed by atoms with E-state index < -0.39 is 5.82 Å². The number of nitrogens with two attached hydrogens (primary N) is 1. The molecule has 2 rings (SSSR count). The van der Waals surface area contributed by atoms with Crippen molar-refractivity contribution in [1.82, 2.24) is 14.5 Å². The van der Waals surface area contributed by atoms with Crippen molar-refractivity contribution in [3.8, 4) is 5.82 Å². The van der Waals surface area contributed by atoms with Gasteiger partial charge in [-0.3, -0.25) is 4.57 Å². The lowest BCUT2D eigenvalue weighted by molar-refractivity contribution is 0.318. The molecular weight excluding hydrogens is 293 g/mol. The van der Waals surface area contributed by atoms with Crippen LogP contribution in [0.4, 0.5) is 4.39 Å². The van der Waals surface area contributed by atoms with Gasteiger partial charge in [-0.1, -0.05) is 5.16 Å². The highest BCUT2D eigenvalue weighted by Crippen LogP contribution is 2.16. The molecule has 0 aliphatic rings. The van der Waals surface area contributed by atoms with E-state index in [9.17, 15) is 4.39 Å². The van der Waals surface area contributed by atoms with Gasteiger partial charge in [-0.2, -0.15) is 0 Å². The van der Waals surface area contributed by atoms with E-state index in [0.717, 1.165) is 0 Å². The summed E-state index contributed by atoms with van der Waals surface area (Å²) < 4.78 is 15.5. The van der Waals surface area contributed by atoms with Crippen LogP contribution in [0.2, 0.25) is 0 Å². The zero-order valence-electron chi connectivity index (χ0n) is 8.38. The molecule has 0 unspecified atom stereocenters. The first kappa shape index (κ1) is 11.5. The molecule has 0 bridgehead atoms. The monoisotopic (exact) mass is 299 g/mol. The van der Waals surface area contributed by atoms with E-state index in [2.05, 4.69) is 31.1 Å². The van der Waals surface area contributed by atoms with Crippen LogP contribution in [0, 0.1) is 5.82 Å². The van der Waals surface area contributed by atoms with Gasteiger partial charge in [0, 0.05) is 23.1 Å². The number of hydrogen-bond acceptors (Lipinski definition) is 4. The van der Waals surface area contributed by atoms with Crippen molar-refractivity contribution >= 4 is 21.8 Å². The Balaban J connectivity index is 2.58. The standard InChI is InChI=1S/C9H7BrFN5O/c10-5-3-6(11)8(14-4-5)16-2-1-13-9(16)7(12)15-17/h1-4,17H,(H2,12,15). The van der Waals surface area contributed by atoms with Crippen LogP contribution < -0.4 is 5.73 Å². The Labute approximate surface area is 104 Å². The molecule has 2 heterocycles. The number of aromatic nitrogens is 3. The lowest BCUT2D eigenvalue weighted by Crippen LogP contribution is -2.19. The van der Waals surface area contributed by atoms with Crippen molar-refractivity contribution in [2.24, 2.45) is 10.9 Å². The first-order valence-corrected chi connectivity index (χ1v) is 5.25. The van der Waals surface area contributed by atoms with Crippen molar-refractivity contribution in [3.05, 3.63) is 40.8 Å². The molecule has 0 saturated heterocycles. The van der Waals surface area contributed by atoms with Gasteiger partial charge in [0.25, 0.3) is 0 Å². The summed E-state index contributed by atoms with van der Waals surface area (Å²) >= 11 is 3.10. The van der Waals surface area contributed by atoms with Crippen molar-refractivity contribution in [3.63, 3.8) is 0 Å². The minimum atomic E-state index is -0.552. The third-order valence-electron chi connectivity index (χ3n) is 1.99. The van der Waals surface area contributed by atoms with Gasteiger partial charge < -0.3 is 10.9 Å². The van der Waals surface area contributed by atoms with Gasteiger partial charge in [0.2, 0.25) is 5.84 Å². The van der Waals surface area contributed by atoms with Crippen molar-refractivity contribution in [2.75, 3.05) is 0 Å². The highest BCUT2D eigenvalue weighted by Gasteiger charge is 2.14. The second-order valence-electron chi connectivity index (χ2n) is 3.07. The van der Waals surface area contributed by atoms with E-state index in [1.807, 2.05) is 0 Å². The quantitative estimate of drug-likeness (QED) is 0.378. The maximum absolute atomic E-state index is 13.7. The Morgan fingerprint density at radius 2 is 2.29 bits per heavy atom. The number of hydrogen-bond donors (Lipinski definition) is 2. The van der Waals surface area contributed by atoms with Crippen molar-refractivity contribution < 1.29 is 9.60 Å². The normalized spacial score (nSPS) is 11.8. The minimum absolute atomic E-state index is 0.0206. The van der Waals surface area contributed by atoms with Crippen molar-refractivity contribution in [1.29, 1.82) is 0 Å². The van der Waals surface area contributed by atoms with Gasteiger partial charge >= 0.3 is 0 Å². The highest BCUT2D eigenvalue weighted by atomic mass is 79.9. The molecule has 2 aromatic rings. The maximum atomic E-state index is 13.7. The summed E-state index contributed by atoms with van der Waals surface area (Å²) in [6, 6.07) is 1.26. The number of halogens is 2. The molecule has 3 N–H and O–H groups in total. The van der Waals surface area contributed by atoms with E-state index in [4.69, 9.17) is 10.9 Å². The average Bonchev–Trinajstić information content (AvgIpc) is 2.77. The molecule has 0 fully saturated rings. The molecule has 0 aliphatic heterocycles. The first-order chi connectivity index (χ1) is 8.13. The predicted molar refractivity (Wildman–Crippen MR) is 61.5 cm³/mol. The molecule has 0 spiro atoms. The fourth-order valence-electron chi connectivity index (χ4n) is 1.29. The van der Waals surface area contributed by atoms with Gasteiger partial charge in [-0.05, 0) is 22.0 Å². The SMILES string of the molecule is N/C(=N/O)c1nccn1-c1ncc(Br)cc1F. The summed E-state index contributed by atoms with van der Waals surface area (Å²) in [6.45, 7) is 0. The summed E-state index contributed by atoms with van der Waals surface area (Å²) in [6.07, 6.45) is 4.30. The Kier molecular flexibility index (Phi) is 3.05. The van der Waals surface area contributed by atoms with Crippen LogP contribution in [-0.2, 0) is 0 Å². The summed E-state index contributed by atoms with van der Waals surface area (Å²) in [5.74, 6) is -0.642. The van der Waals surface area contributed by atoms with Gasteiger partial charge in [0.05, 0.1) is 0 Å². The first-order valence-electron chi connectivity index (χ1n) is 4.46. The van der Waals surface area contributed by atoms with Crippen LogP contribution in [0.15, 0.2) is 34.3 Å². The predicted octanol–water partition coefficient (Wildman–Crippen LogP) is 1.26. The zero-order valence-corrected chi connectivity index (χ0v) is 9.96. The van der Waals surface area contributed by atoms with Crippen LogP contribution in [-0.4, -0.2) is 25.6 Å². The molecule has 0 atom stereocenters. The molecule has 17 heavy (non-hydrogen) atoms. The van der Waals surface area contributed by atoms with Crippen LogP contribution in [0.5, 0.6) is 0 Å². The summed E-state index contributed by atoms with van der Waals surface area (Å²) in [7, 11) is 0. The summed E-state index contributed by atoms with van der Waals surface area (Å²) in [5, 5.41) is 11.4. The second-order valence-corrected chi connectivity index (χ2v) is 3.98. The lowest BCUT2D eigenvalue weighted by Gasteiger charge is -2.06. The van der Waals surface area contributed by atoms with Crippen LogP contribution in [0.25, 0.3) is 5.82 Å². The molecule has 0 saturated carbocycles. The molecule has 0 radical (unpaired) electrons. The number of nitrogens with zero attached hydrogens (tertiary/aromatic N) is 4. The third-order valence-corrected chi connectivity index (χ3v) is 2.43. The number of oxime groups is 1. The molecule has 0 amide bonds. The second kappa shape index (κ2) is 4.50. The van der Waals surface area contributed by atoms with Crippen LogP contribution in [0.3, 0.4) is 0 Å². The maximum Gasteiger partial charge on any atom is 0.206 e. The number of amidine groups is 1. The molecule has 88 valence electrons. The van der Waals surface area contributed by atoms with Crippen molar-refractivity contribution in [2.45, 2.75) is 0 Å². The zero-order chi connectivity index (χ0) is 12.4. The van der Waals surface area contributed by atoms with E-state index >= 15 is 0 Å². The Bertz CT molecular complexity index is 583. The van der Waals surface area contributed by atoms with E-state index in [0.29, 0.717) is 4.47 Å². The van der Waals surface area contributed by atoms with E-state index in [1.165, 1.54) is 29.2 Å². The smallest absolute Gasteiger partial charge is 0.206 e. The Morgan fingerprint density at radius 1 is 1.53 bits per heavy atom. The fourth-order valence-corrected chi connectivity index (χ4v) is 1.60. The van der Waals surface area contributed by atoms with Gasteiger partial charge in [0.1, 0.15) is 0 Å². The topological polar surface area (TPSA) is 89.3 Å². The average molecular weight is 300 g/mol. The third kappa shape index (κ3) is 2.11. The van der Waals surface area contributed by atoms with Gasteiger partial charge in [-0.25, -0.2) is 14.4 Å². The van der Waals surface area contributed by atoms with Gasteiger partial charge in [-0.15, -0.1) is 0 Å².